The number of sulfone groups is 1. The molecule has 3 aromatic rings. The number of benzene rings is 2. The van der Waals surface area contributed by atoms with Gasteiger partial charge < -0.3 is 15.2 Å². The number of fused-ring (bicyclic) bond motifs is 1. The van der Waals surface area contributed by atoms with Crippen LogP contribution in [0, 0.1) is 0 Å². The molecule has 2 aromatic carbocycles. The molecule has 0 spiro atoms. The van der Waals surface area contributed by atoms with Gasteiger partial charge in [-0.25, -0.2) is 13.1 Å². The molecule has 0 bridgehead atoms. The molecule has 1 aliphatic heterocycles. The summed E-state index contributed by atoms with van der Waals surface area (Å²) in [5.41, 5.74) is 0.788. The lowest BCUT2D eigenvalue weighted by Crippen LogP contribution is -2.63. The second kappa shape index (κ2) is 8.38. The number of ether oxygens (including phenoxy) is 1. The minimum absolute atomic E-state index is 0.0385. The molecule has 1 aromatic heterocycles. The van der Waals surface area contributed by atoms with Crippen LogP contribution in [-0.2, 0) is 9.84 Å². The van der Waals surface area contributed by atoms with Crippen LogP contribution in [-0.4, -0.2) is 52.9 Å². The van der Waals surface area contributed by atoms with Gasteiger partial charge in [-0.15, -0.1) is 0 Å². The van der Waals surface area contributed by atoms with Crippen LogP contribution in [0.3, 0.4) is 0 Å². The summed E-state index contributed by atoms with van der Waals surface area (Å²) in [6.07, 6.45) is -0.547. The Balaban J connectivity index is 1.73. The Morgan fingerprint density at radius 3 is 2.64 bits per heavy atom. The SMILES string of the molecule is CC[C@H](O)c1nn(-c2cccc(OC(F)F)c2)c2ccc(C(=O)NC3(C)CS(=O)(=O)C3)cc12. The van der Waals surface area contributed by atoms with Crippen LogP contribution in [0.1, 0.15) is 42.4 Å². The van der Waals surface area contributed by atoms with E-state index < -0.39 is 34.0 Å². The van der Waals surface area contributed by atoms with Gasteiger partial charge in [0.1, 0.15) is 5.75 Å². The molecule has 2 N–H and O–H groups in total. The molecule has 2 heterocycles. The number of nitrogens with one attached hydrogen (secondary N) is 1. The van der Waals surface area contributed by atoms with Crippen LogP contribution in [0.15, 0.2) is 42.5 Å². The summed E-state index contributed by atoms with van der Waals surface area (Å²) in [4.78, 5) is 12.8. The average Bonchev–Trinajstić information content (AvgIpc) is 3.10. The van der Waals surface area contributed by atoms with Gasteiger partial charge in [-0.1, -0.05) is 13.0 Å². The zero-order valence-corrected chi connectivity index (χ0v) is 18.8. The molecular formula is C22H23F2N3O5S. The van der Waals surface area contributed by atoms with Crippen molar-refractivity contribution in [1.82, 2.24) is 15.1 Å². The summed E-state index contributed by atoms with van der Waals surface area (Å²) in [7, 11) is -3.13. The number of alkyl halides is 2. The van der Waals surface area contributed by atoms with Crippen molar-refractivity contribution in [2.24, 2.45) is 0 Å². The van der Waals surface area contributed by atoms with E-state index in [0.717, 1.165) is 0 Å². The Morgan fingerprint density at radius 1 is 1.27 bits per heavy atom. The number of halogens is 2. The Bertz CT molecular complexity index is 1310. The predicted octanol–water partition coefficient (Wildman–Crippen LogP) is 2.99. The second-order valence-electron chi connectivity index (χ2n) is 8.38. The highest BCUT2D eigenvalue weighted by Crippen LogP contribution is 2.30. The third kappa shape index (κ3) is 4.69. The van der Waals surface area contributed by atoms with Gasteiger partial charge in [0.05, 0.1) is 40.0 Å². The van der Waals surface area contributed by atoms with Crippen LogP contribution in [0.5, 0.6) is 5.75 Å². The van der Waals surface area contributed by atoms with Crippen LogP contribution >= 0.6 is 0 Å². The van der Waals surface area contributed by atoms with E-state index in [4.69, 9.17) is 0 Å². The average molecular weight is 480 g/mol. The van der Waals surface area contributed by atoms with E-state index in [1.165, 1.54) is 16.8 Å². The lowest BCUT2D eigenvalue weighted by Gasteiger charge is -2.38. The van der Waals surface area contributed by atoms with Crippen molar-refractivity contribution >= 4 is 26.6 Å². The lowest BCUT2D eigenvalue weighted by molar-refractivity contribution is -0.0498. The van der Waals surface area contributed by atoms with E-state index in [9.17, 15) is 27.1 Å². The summed E-state index contributed by atoms with van der Waals surface area (Å²) in [6, 6.07) is 10.8. The van der Waals surface area contributed by atoms with E-state index >= 15 is 0 Å². The molecule has 1 atom stereocenters. The molecule has 0 saturated carbocycles. The maximum Gasteiger partial charge on any atom is 0.387 e. The van der Waals surface area contributed by atoms with Crippen molar-refractivity contribution in [2.75, 3.05) is 11.5 Å². The first-order valence-corrected chi connectivity index (χ1v) is 12.1. The number of carbonyl (C=O) groups excluding carboxylic acids is 1. The minimum Gasteiger partial charge on any atom is -0.435 e. The molecule has 0 radical (unpaired) electrons. The number of aliphatic hydroxyl groups is 1. The van der Waals surface area contributed by atoms with Crippen LogP contribution in [0.2, 0.25) is 0 Å². The molecule has 1 saturated heterocycles. The molecule has 1 amide bonds. The van der Waals surface area contributed by atoms with Crippen molar-refractivity contribution in [3.63, 3.8) is 0 Å². The normalized spacial score (nSPS) is 17.5. The van der Waals surface area contributed by atoms with Crippen molar-refractivity contribution in [3.05, 3.63) is 53.7 Å². The Morgan fingerprint density at radius 2 is 2.00 bits per heavy atom. The smallest absolute Gasteiger partial charge is 0.387 e. The zero-order valence-electron chi connectivity index (χ0n) is 18.0. The molecule has 11 heteroatoms. The zero-order chi connectivity index (χ0) is 24.0. The second-order valence-corrected chi connectivity index (χ2v) is 10.4. The summed E-state index contributed by atoms with van der Waals surface area (Å²) in [5.74, 6) is -0.722. The van der Waals surface area contributed by atoms with Gasteiger partial charge in [0.2, 0.25) is 0 Å². The first kappa shape index (κ1) is 23.1. The van der Waals surface area contributed by atoms with E-state index in [0.29, 0.717) is 28.7 Å². The quantitative estimate of drug-likeness (QED) is 0.539. The van der Waals surface area contributed by atoms with Gasteiger partial charge in [0, 0.05) is 17.0 Å². The number of hydrogen-bond acceptors (Lipinski definition) is 6. The Hall–Kier alpha value is -3.05. The number of carbonyl (C=O) groups is 1. The summed E-state index contributed by atoms with van der Waals surface area (Å²) >= 11 is 0. The van der Waals surface area contributed by atoms with Gasteiger partial charge in [0.25, 0.3) is 5.91 Å². The number of hydrogen-bond donors (Lipinski definition) is 2. The number of aromatic nitrogens is 2. The molecule has 1 aliphatic rings. The van der Waals surface area contributed by atoms with Gasteiger partial charge in [0.15, 0.2) is 9.84 Å². The number of rotatable bonds is 7. The van der Waals surface area contributed by atoms with E-state index in [1.807, 2.05) is 0 Å². The van der Waals surface area contributed by atoms with Crippen molar-refractivity contribution < 1.29 is 31.8 Å². The molecule has 33 heavy (non-hydrogen) atoms. The van der Waals surface area contributed by atoms with Crippen molar-refractivity contribution in [3.8, 4) is 11.4 Å². The molecule has 1 fully saturated rings. The number of aliphatic hydroxyl groups excluding tert-OH is 1. The fraction of sp³-hybridized carbons (Fsp3) is 0.364. The third-order valence-corrected chi connectivity index (χ3v) is 7.61. The molecular weight excluding hydrogens is 456 g/mol. The first-order valence-electron chi connectivity index (χ1n) is 10.3. The topological polar surface area (TPSA) is 111 Å². The fourth-order valence-electron chi connectivity index (χ4n) is 4.06. The minimum atomic E-state index is -3.13. The highest BCUT2D eigenvalue weighted by Gasteiger charge is 2.45. The molecule has 8 nitrogen and oxygen atoms in total. The monoisotopic (exact) mass is 479 g/mol. The summed E-state index contributed by atoms with van der Waals surface area (Å²) < 4.78 is 54.3. The van der Waals surface area contributed by atoms with Gasteiger partial charge in [-0.2, -0.15) is 13.9 Å². The lowest BCUT2D eigenvalue weighted by atomic mass is 10.0. The maximum absolute atomic E-state index is 12.8. The predicted molar refractivity (Wildman–Crippen MR) is 117 cm³/mol. The fourth-order valence-corrected chi connectivity index (χ4v) is 6.06. The Kier molecular flexibility index (Phi) is 5.87. The number of amides is 1. The highest BCUT2D eigenvalue weighted by molar-refractivity contribution is 7.93. The summed E-state index contributed by atoms with van der Waals surface area (Å²) in [5, 5.41) is 18.3. The Labute approximate surface area is 189 Å². The van der Waals surface area contributed by atoms with Crippen molar-refractivity contribution in [1.29, 1.82) is 0 Å². The molecule has 4 rings (SSSR count). The third-order valence-electron chi connectivity index (χ3n) is 5.45. The standard InChI is InChI=1S/C22H23F2N3O5S/c1-3-18(28)19-16-9-13(20(29)25-22(2)11-33(30,31)12-22)7-8-17(16)27(26-19)14-5-4-6-15(10-14)32-21(23)24/h4-10,18,21,28H,3,11-12H2,1-2H3,(H,25,29)/t18-/m0/s1. The van der Waals surface area contributed by atoms with E-state index in [2.05, 4.69) is 15.2 Å². The molecule has 176 valence electrons. The van der Waals surface area contributed by atoms with Crippen molar-refractivity contribution in [2.45, 2.75) is 38.5 Å². The van der Waals surface area contributed by atoms with Crippen LogP contribution in [0.25, 0.3) is 16.6 Å². The number of nitrogens with zero attached hydrogens (tertiary/aromatic N) is 2. The van der Waals surface area contributed by atoms with E-state index in [1.54, 1.807) is 44.2 Å². The molecule has 0 unspecified atom stereocenters. The van der Waals surface area contributed by atoms with E-state index in [-0.39, 0.29) is 22.8 Å². The molecule has 0 aliphatic carbocycles. The van der Waals surface area contributed by atoms with Crippen LogP contribution < -0.4 is 10.1 Å². The summed E-state index contributed by atoms with van der Waals surface area (Å²) in [6.45, 7) is 0.477. The first-order chi connectivity index (χ1) is 15.5. The largest absolute Gasteiger partial charge is 0.435 e. The van der Waals surface area contributed by atoms with Gasteiger partial charge in [-0.05, 0) is 43.7 Å². The van der Waals surface area contributed by atoms with Gasteiger partial charge in [-0.3, -0.25) is 4.79 Å². The van der Waals surface area contributed by atoms with Crippen LogP contribution in [0.4, 0.5) is 8.78 Å². The van der Waals surface area contributed by atoms with Gasteiger partial charge >= 0.3 is 6.61 Å². The highest BCUT2D eigenvalue weighted by atomic mass is 32.2. The maximum atomic E-state index is 12.8.